The van der Waals surface area contributed by atoms with Crippen LogP contribution in [0.15, 0.2) is 65.1 Å². The fraction of sp³-hybridized carbons (Fsp3) is 0.238. The van der Waals surface area contributed by atoms with Gasteiger partial charge in [-0.05, 0) is 24.1 Å². The average molecular weight is 392 g/mol. The van der Waals surface area contributed by atoms with E-state index in [4.69, 9.17) is 0 Å². The van der Waals surface area contributed by atoms with Gasteiger partial charge >= 0.3 is 0 Å². The monoisotopic (exact) mass is 392 g/mol. The summed E-state index contributed by atoms with van der Waals surface area (Å²) in [7, 11) is 0. The van der Waals surface area contributed by atoms with Gasteiger partial charge in [0.15, 0.2) is 5.13 Å². The summed E-state index contributed by atoms with van der Waals surface area (Å²) in [6.45, 7) is 1.35. The fourth-order valence-electron chi connectivity index (χ4n) is 3.16. The van der Waals surface area contributed by atoms with Gasteiger partial charge in [0, 0.05) is 31.1 Å². The Bertz CT molecular complexity index is 1060. The van der Waals surface area contributed by atoms with Gasteiger partial charge in [0.25, 0.3) is 5.91 Å². The van der Waals surface area contributed by atoms with Crippen molar-refractivity contribution < 1.29 is 9.59 Å². The van der Waals surface area contributed by atoms with Crippen molar-refractivity contribution in [2.24, 2.45) is 4.99 Å². The second-order valence-corrected chi connectivity index (χ2v) is 7.46. The van der Waals surface area contributed by atoms with Crippen molar-refractivity contribution in [1.29, 1.82) is 0 Å². The standard InChI is InChI=1S/C21H20N4O2S/c26-19(13-17-15-28-21(22-17)25-12-6-10-20(25)27)23-18-9-4-5-11-24(18)14-16-7-2-1-3-8-16/h1-5,7-9,11,15H,6,10,12-14H2. The number of thiazole rings is 1. The summed E-state index contributed by atoms with van der Waals surface area (Å²) in [4.78, 5) is 34.8. The highest BCUT2D eigenvalue weighted by molar-refractivity contribution is 7.14. The first-order valence-corrected chi connectivity index (χ1v) is 10.1. The number of aromatic nitrogens is 2. The number of pyridine rings is 1. The topological polar surface area (TPSA) is 67.6 Å². The summed E-state index contributed by atoms with van der Waals surface area (Å²) in [5, 5.41) is 2.50. The SMILES string of the molecule is O=C(Cc1csc(N2CCCC2=O)n1)N=c1ccccn1Cc1ccccc1. The minimum absolute atomic E-state index is 0.100. The predicted octanol–water partition coefficient (Wildman–Crippen LogP) is 2.79. The average Bonchev–Trinajstić information content (AvgIpc) is 3.33. The third-order valence-electron chi connectivity index (χ3n) is 4.53. The van der Waals surface area contributed by atoms with Crippen molar-refractivity contribution in [3.8, 4) is 0 Å². The van der Waals surface area contributed by atoms with E-state index >= 15 is 0 Å². The molecular formula is C21H20N4O2S. The Balaban J connectivity index is 1.50. The molecule has 0 bridgehead atoms. The highest BCUT2D eigenvalue weighted by atomic mass is 32.1. The van der Waals surface area contributed by atoms with Crippen LogP contribution >= 0.6 is 11.3 Å². The van der Waals surface area contributed by atoms with Gasteiger partial charge in [-0.1, -0.05) is 36.4 Å². The van der Waals surface area contributed by atoms with Crippen LogP contribution in [0.4, 0.5) is 5.13 Å². The maximum absolute atomic E-state index is 12.5. The molecule has 2 aromatic heterocycles. The van der Waals surface area contributed by atoms with E-state index in [2.05, 4.69) is 9.98 Å². The van der Waals surface area contributed by atoms with Gasteiger partial charge in [-0.2, -0.15) is 4.99 Å². The molecule has 7 heteroatoms. The van der Waals surface area contributed by atoms with Crippen LogP contribution in [0.25, 0.3) is 0 Å². The van der Waals surface area contributed by atoms with Crippen LogP contribution in [-0.4, -0.2) is 27.9 Å². The minimum atomic E-state index is -0.252. The molecule has 6 nitrogen and oxygen atoms in total. The molecule has 1 aliphatic heterocycles. The highest BCUT2D eigenvalue weighted by Crippen LogP contribution is 2.25. The fourth-order valence-corrected chi connectivity index (χ4v) is 4.02. The maximum Gasteiger partial charge on any atom is 0.253 e. The molecule has 1 aromatic carbocycles. The number of benzene rings is 1. The molecule has 3 aromatic rings. The molecular weight excluding hydrogens is 372 g/mol. The number of carbonyl (C=O) groups excluding carboxylic acids is 2. The van der Waals surface area contributed by atoms with Crippen LogP contribution in [0, 0.1) is 0 Å². The van der Waals surface area contributed by atoms with Crippen LogP contribution in [0.2, 0.25) is 0 Å². The van der Waals surface area contributed by atoms with Gasteiger partial charge in [0.1, 0.15) is 5.49 Å². The Morgan fingerprint density at radius 1 is 1.14 bits per heavy atom. The lowest BCUT2D eigenvalue weighted by Crippen LogP contribution is -2.23. The van der Waals surface area contributed by atoms with Gasteiger partial charge in [0.05, 0.1) is 12.1 Å². The zero-order valence-corrected chi connectivity index (χ0v) is 16.1. The van der Waals surface area contributed by atoms with Crippen molar-refractivity contribution in [1.82, 2.24) is 9.55 Å². The molecule has 1 aliphatic rings. The predicted molar refractivity (Wildman–Crippen MR) is 108 cm³/mol. The Morgan fingerprint density at radius 3 is 2.75 bits per heavy atom. The van der Waals surface area contributed by atoms with Gasteiger partial charge in [-0.25, -0.2) is 4.98 Å². The third-order valence-corrected chi connectivity index (χ3v) is 5.44. The molecule has 0 aliphatic carbocycles. The Morgan fingerprint density at radius 2 is 1.96 bits per heavy atom. The second-order valence-electron chi connectivity index (χ2n) is 6.63. The largest absolute Gasteiger partial charge is 0.328 e. The molecule has 0 saturated carbocycles. The first kappa shape index (κ1) is 18.3. The zero-order valence-electron chi connectivity index (χ0n) is 15.3. The summed E-state index contributed by atoms with van der Waals surface area (Å²) in [5.74, 6) is -0.152. The summed E-state index contributed by atoms with van der Waals surface area (Å²) in [6.07, 6.45) is 3.47. The summed E-state index contributed by atoms with van der Waals surface area (Å²) >= 11 is 1.40. The number of carbonyl (C=O) groups is 2. The zero-order chi connectivity index (χ0) is 19.3. The molecule has 28 heavy (non-hydrogen) atoms. The lowest BCUT2D eigenvalue weighted by molar-refractivity contribution is -0.118. The Labute approximate surface area is 166 Å². The smallest absolute Gasteiger partial charge is 0.253 e. The molecule has 2 amide bonds. The van der Waals surface area contributed by atoms with E-state index < -0.39 is 0 Å². The summed E-state index contributed by atoms with van der Waals surface area (Å²) < 4.78 is 1.95. The van der Waals surface area contributed by atoms with Crippen molar-refractivity contribution >= 4 is 28.3 Å². The van der Waals surface area contributed by atoms with Crippen LogP contribution < -0.4 is 10.4 Å². The van der Waals surface area contributed by atoms with E-state index in [1.807, 2.05) is 64.7 Å². The van der Waals surface area contributed by atoms with Crippen molar-refractivity contribution in [2.45, 2.75) is 25.8 Å². The molecule has 0 atom stereocenters. The lowest BCUT2D eigenvalue weighted by atomic mass is 10.2. The first-order valence-electron chi connectivity index (χ1n) is 9.21. The normalized spacial score (nSPS) is 14.6. The molecule has 4 rings (SSSR count). The van der Waals surface area contributed by atoms with Crippen LogP contribution in [0.1, 0.15) is 24.1 Å². The van der Waals surface area contributed by atoms with Crippen molar-refractivity contribution in [2.75, 3.05) is 11.4 Å². The summed E-state index contributed by atoms with van der Waals surface area (Å²) in [6, 6.07) is 15.7. The number of hydrogen-bond acceptors (Lipinski definition) is 4. The highest BCUT2D eigenvalue weighted by Gasteiger charge is 2.24. The molecule has 0 unspecified atom stereocenters. The van der Waals surface area contributed by atoms with Gasteiger partial charge in [0.2, 0.25) is 5.91 Å². The van der Waals surface area contributed by atoms with Crippen molar-refractivity contribution in [3.63, 3.8) is 0 Å². The number of hydrogen-bond donors (Lipinski definition) is 0. The molecule has 3 heterocycles. The van der Waals surface area contributed by atoms with Crippen LogP contribution in [0.5, 0.6) is 0 Å². The molecule has 0 N–H and O–H groups in total. The van der Waals surface area contributed by atoms with E-state index in [-0.39, 0.29) is 18.2 Å². The number of nitrogens with zero attached hydrogens (tertiary/aromatic N) is 4. The quantitative estimate of drug-likeness (QED) is 0.671. The minimum Gasteiger partial charge on any atom is -0.328 e. The lowest BCUT2D eigenvalue weighted by Gasteiger charge is -2.10. The van der Waals surface area contributed by atoms with E-state index in [1.54, 1.807) is 4.90 Å². The van der Waals surface area contributed by atoms with E-state index in [9.17, 15) is 9.59 Å². The van der Waals surface area contributed by atoms with E-state index in [0.29, 0.717) is 35.8 Å². The molecule has 0 radical (unpaired) electrons. The van der Waals surface area contributed by atoms with Crippen LogP contribution in [0.3, 0.4) is 0 Å². The molecule has 0 spiro atoms. The van der Waals surface area contributed by atoms with Gasteiger partial charge < -0.3 is 4.57 Å². The van der Waals surface area contributed by atoms with Gasteiger partial charge in [-0.3, -0.25) is 14.5 Å². The Kier molecular flexibility index (Phi) is 5.43. The molecule has 1 saturated heterocycles. The first-order chi connectivity index (χ1) is 13.7. The summed E-state index contributed by atoms with van der Waals surface area (Å²) in [5.41, 5.74) is 2.41. The Hall–Kier alpha value is -3.06. The second kappa shape index (κ2) is 8.31. The molecule has 142 valence electrons. The number of rotatable bonds is 5. The van der Waals surface area contributed by atoms with Gasteiger partial charge in [-0.15, -0.1) is 11.3 Å². The number of anilines is 1. The van der Waals surface area contributed by atoms with Crippen molar-refractivity contribution in [3.05, 3.63) is 76.9 Å². The van der Waals surface area contributed by atoms with E-state index in [0.717, 1.165) is 12.0 Å². The molecule has 1 fully saturated rings. The van der Waals surface area contributed by atoms with E-state index in [1.165, 1.54) is 11.3 Å². The maximum atomic E-state index is 12.5. The number of amides is 2. The third kappa shape index (κ3) is 4.26. The van der Waals surface area contributed by atoms with Crippen LogP contribution in [-0.2, 0) is 22.6 Å².